The minimum absolute atomic E-state index is 0.0746. The Morgan fingerprint density at radius 2 is 2.11 bits per heavy atom. The highest BCUT2D eigenvalue weighted by Gasteiger charge is 2.18. The summed E-state index contributed by atoms with van der Waals surface area (Å²) in [5, 5.41) is 13.1. The molecule has 0 amide bonds. The van der Waals surface area contributed by atoms with E-state index in [1.54, 1.807) is 23.1 Å². The van der Waals surface area contributed by atoms with Gasteiger partial charge in [-0.1, -0.05) is 0 Å². The smallest absolute Gasteiger partial charge is 0.185 e. The Morgan fingerprint density at radius 1 is 1.28 bits per heavy atom. The fourth-order valence-electron chi connectivity index (χ4n) is 1.80. The Morgan fingerprint density at radius 3 is 2.72 bits per heavy atom. The molecule has 6 nitrogen and oxygen atoms in total. The van der Waals surface area contributed by atoms with Gasteiger partial charge in [-0.25, -0.2) is 9.67 Å². The van der Waals surface area contributed by atoms with Crippen LogP contribution in [0.4, 0.5) is 0 Å². The minimum atomic E-state index is -0.308. The van der Waals surface area contributed by atoms with Gasteiger partial charge in [0.15, 0.2) is 12.1 Å². The first kappa shape index (κ1) is 11.3. The maximum atomic E-state index is 8.96. The van der Waals surface area contributed by atoms with Crippen molar-refractivity contribution in [3.05, 3.63) is 41.9 Å². The van der Waals surface area contributed by atoms with Gasteiger partial charge >= 0.3 is 0 Å². The molecule has 0 aliphatic carbocycles. The van der Waals surface area contributed by atoms with Crippen molar-refractivity contribution in [2.45, 2.75) is 12.9 Å². The second kappa shape index (κ2) is 4.85. The number of ether oxygens (including phenoxy) is 2. The van der Waals surface area contributed by atoms with Gasteiger partial charge in [0, 0.05) is 18.0 Å². The molecule has 2 aromatic heterocycles. The molecule has 0 bridgehead atoms. The van der Waals surface area contributed by atoms with Crippen LogP contribution in [-0.4, -0.2) is 33.1 Å². The third-order valence-corrected chi connectivity index (χ3v) is 2.71. The van der Waals surface area contributed by atoms with E-state index in [4.69, 9.17) is 14.6 Å². The van der Waals surface area contributed by atoms with E-state index >= 15 is 0 Å². The molecule has 94 valence electrons. The summed E-state index contributed by atoms with van der Waals surface area (Å²) in [7, 11) is 0. The summed E-state index contributed by atoms with van der Waals surface area (Å²) in [5.74, 6) is 0.691. The average Bonchev–Trinajstić information content (AvgIpc) is 3.10. The Kier molecular flexibility index (Phi) is 3.06. The van der Waals surface area contributed by atoms with Crippen LogP contribution in [-0.2, 0) is 16.1 Å². The number of rotatable bonds is 3. The molecule has 1 fully saturated rings. The monoisotopic (exact) mass is 247 g/mol. The van der Waals surface area contributed by atoms with Crippen molar-refractivity contribution in [1.82, 2.24) is 14.8 Å². The van der Waals surface area contributed by atoms with Crippen LogP contribution in [0.15, 0.2) is 30.6 Å². The van der Waals surface area contributed by atoms with E-state index in [1.807, 2.05) is 12.1 Å². The van der Waals surface area contributed by atoms with Gasteiger partial charge in [0.2, 0.25) is 0 Å². The maximum absolute atomic E-state index is 8.96. The van der Waals surface area contributed by atoms with Crippen LogP contribution in [0.2, 0.25) is 0 Å². The second-order valence-electron chi connectivity index (χ2n) is 3.93. The molecule has 3 heterocycles. The topological polar surface area (TPSA) is 69.4 Å². The number of aliphatic hydroxyl groups excluding tert-OH is 1. The Hall–Kier alpha value is -1.76. The van der Waals surface area contributed by atoms with Gasteiger partial charge < -0.3 is 14.6 Å². The highest BCUT2D eigenvalue weighted by atomic mass is 16.7. The maximum Gasteiger partial charge on any atom is 0.185 e. The number of aromatic nitrogens is 3. The van der Waals surface area contributed by atoms with Crippen molar-refractivity contribution in [3.63, 3.8) is 0 Å². The molecule has 3 rings (SSSR count). The van der Waals surface area contributed by atoms with Crippen LogP contribution < -0.4 is 0 Å². The molecular formula is C12H13N3O3. The summed E-state index contributed by atoms with van der Waals surface area (Å²) in [6, 6.07) is 5.49. The summed E-state index contributed by atoms with van der Waals surface area (Å²) in [6.07, 6.45) is 3.17. The summed E-state index contributed by atoms with van der Waals surface area (Å²) >= 11 is 0. The molecule has 0 unspecified atom stereocenters. The first-order valence-corrected chi connectivity index (χ1v) is 5.72. The first-order valence-electron chi connectivity index (χ1n) is 5.72. The van der Waals surface area contributed by atoms with E-state index in [2.05, 4.69) is 10.1 Å². The molecule has 0 radical (unpaired) electrons. The predicted octanol–water partition coefficient (Wildman–Crippen LogP) is 0.805. The van der Waals surface area contributed by atoms with E-state index in [0.717, 1.165) is 5.56 Å². The van der Waals surface area contributed by atoms with E-state index in [1.165, 1.54) is 0 Å². The minimum Gasteiger partial charge on any atom is -0.390 e. The zero-order chi connectivity index (χ0) is 12.4. The molecular weight excluding hydrogens is 234 g/mol. The number of aliphatic hydroxyl groups is 1. The quantitative estimate of drug-likeness (QED) is 0.869. The standard InChI is InChI=1S/C12H13N3O3/c16-8-10-3-4-15(14-10)11-2-1-9(7-13-11)12-17-5-6-18-12/h1-4,7,12,16H,5-6,8H2. The molecule has 1 aliphatic rings. The Balaban J connectivity index is 1.81. The lowest BCUT2D eigenvalue weighted by Gasteiger charge is -2.09. The van der Waals surface area contributed by atoms with Crippen molar-refractivity contribution in [2.24, 2.45) is 0 Å². The summed E-state index contributed by atoms with van der Waals surface area (Å²) in [5.41, 5.74) is 1.51. The Labute approximate surface area is 104 Å². The van der Waals surface area contributed by atoms with E-state index < -0.39 is 0 Å². The molecule has 0 atom stereocenters. The molecule has 1 N–H and O–H groups in total. The zero-order valence-corrected chi connectivity index (χ0v) is 9.69. The van der Waals surface area contributed by atoms with Gasteiger partial charge in [-0.2, -0.15) is 5.10 Å². The van der Waals surface area contributed by atoms with Crippen LogP contribution in [0, 0.1) is 0 Å². The lowest BCUT2D eigenvalue weighted by molar-refractivity contribution is -0.0443. The summed E-state index contributed by atoms with van der Waals surface area (Å²) < 4.78 is 12.4. The molecule has 6 heteroatoms. The molecule has 1 saturated heterocycles. The van der Waals surface area contributed by atoms with Crippen molar-refractivity contribution in [1.29, 1.82) is 0 Å². The van der Waals surface area contributed by atoms with Gasteiger partial charge in [-0.3, -0.25) is 0 Å². The molecule has 0 aromatic carbocycles. The lowest BCUT2D eigenvalue weighted by atomic mass is 10.3. The van der Waals surface area contributed by atoms with Crippen molar-refractivity contribution >= 4 is 0 Å². The molecule has 2 aromatic rings. The highest BCUT2D eigenvalue weighted by Crippen LogP contribution is 2.22. The number of hydrogen-bond acceptors (Lipinski definition) is 5. The number of nitrogens with zero attached hydrogens (tertiary/aromatic N) is 3. The first-order chi connectivity index (χ1) is 8.86. The third-order valence-electron chi connectivity index (χ3n) is 2.71. The normalized spacial score (nSPS) is 16.3. The van der Waals surface area contributed by atoms with Crippen LogP contribution >= 0.6 is 0 Å². The second-order valence-corrected chi connectivity index (χ2v) is 3.93. The van der Waals surface area contributed by atoms with E-state index in [0.29, 0.717) is 24.7 Å². The Bertz CT molecular complexity index is 518. The van der Waals surface area contributed by atoms with Gasteiger partial charge in [0.05, 0.1) is 25.5 Å². The van der Waals surface area contributed by atoms with Crippen LogP contribution in [0.5, 0.6) is 0 Å². The molecule has 1 aliphatic heterocycles. The lowest BCUT2D eigenvalue weighted by Crippen LogP contribution is -2.02. The largest absolute Gasteiger partial charge is 0.390 e. The van der Waals surface area contributed by atoms with Crippen LogP contribution in [0.25, 0.3) is 5.82 Å². The van der Waals surface area contributed by atoms with E-state index in [-0.39, 0.29) is 12.9 Å². The van der Waals surface area contributed by atoms with Crippen molar-refractivity contribution < 1.29 is 14.6 Å². The molecule has 0 saturated carbocycles. The number of pyridine rings is 1. The van der Waals surface area contributed by atoms with E-state index in [9.17, 15) is 0 Å². The summed E-state index contributed by atoms with van der Waals surface area (Å²) in [6.45, 7) is 1.16. The predicted molar refractivity (Wildman–Crippen MR) is 61.9 cm³/mol. The summed E-state index contributed by atoms with van der Waals surface area (Å²) in [4.78, 5) is 4.30. The zero-order valence-electron chi connectivity index (χ0n) is 9.69. The number of hydrogen-bond donors (Lipinski definition) is 1. The SMILES string of the molecule is OCc1ccn(-c2ccc(C3OCCO3)cn2)n1. The van der Waals surface area contributed by atoms with Gasteiger partial charge in [-0.05, 0) is 18.2 Å². The van der Waals surface area contributed by atoms with Gasteiger partial charge in [-0.15, -0.1) is 0 Å². The fraction of sp³-hybridized carbons (Fsp3) is 0.333. The average molecular weight is 247 g/mol. The molecule has 18 heavy (non-hydrogen) atoms. The van der Waals surface area contributed by atoms with Crippen LogP contribution in [0.3, 0.4) is 0 Å². The van der Waals surface area contributed by atoms with Crippen molar-refractivity contribution in [3.8, 4) is 5.82 Å². The fourth-order valence-corrected chi connectivity index (χ4v) is 1.80. The molecule has 0 spiro atoms. The van der Waals surface area contributed by atoms with Gasteiger partial charge in [0.1, 0.15) is 0 Å². The van der Waals surface area contributed by atoms with Gasteiger partial charge in [0.25, 0.3) is 0 Å². The third kappa shape index (κ3) is 2.13. The highest BCUT2D eigenvalue weighted by molar-refractivity contribution is 5.25. The van der Waals surface area contributed by atoms with Crippen LogP contribution in [0.1, 0.15) is 17.5 Å². The van der Waals surface area contributed by atoms with Crippen molar-refractivity contribution in [2.75, 3.05) is 13.2 Å².